The summed E-state index contributed by atoms with van der Waals surface area (Å²) in [4.78, 5) is 30.2. The van der Waals surface area contributed by atoms with Gasteiger partial charge in [0, 0.05) is 5.30 Å². The van der Waals surface area contributed by atoms with E-state index in [1.807, 2.05) is 71.9 Å². The Balaban J connectivity index is 2.01. The minimum Gasteiger partial charge on any atom is -0.263 e. The van der Waals surface area contributed by atoms with Gasteiger partial charge in [0.1, 0.15) is 0 Å². The lowest BCUT2D eigenvalue weighted by Crippen LogP contribution is -2.35. The van der Waals surface area contributed by atoms with Crippen LogP contribution in [0.15, 0.2) is 54.6 Å². The standard InChI is InChI=1S/C27H27N2O2P/c1-16-12-18(3)23(19(4)13-16)28-25(30)26(31)29(24-20(5)14-17(2)15-21(24)6)27(28)32-22-10-8-7-9-11-22/h7-15H,1-6H3. The van der Waals surface area contributed by atoms with Crippen molar-refractivity contribution in [2.24, 2.45) is 0 Å². The van der Waals surface area contributed by atoms with Crippen molar-refractivity contribution in [1.82, 2.24) is 0 Å². The van der Waals surface area contributed by atoms with Crippen molar-refractivity contribution in [2.75, 3.05) is 9.80 Å². The van der Waals surface area contributed by atoms with Gasteiger partial charge in [-0.1, -0.05) is 65.7 Å². The van der Waals surface area contributed by atoms with Gasteiger partial charge in [0.15, 0.2) is 5.54 Å². The Kier molecular flexibility index (Phi) is 5.75. The molecule has 0 atom stereocenters. The molecule has 4 nitrogen and oxygen atoms in total. The van der Waals surface area contributed by atoms with Crippen molar-refractivity contribution in [3.63, 3.8) is 0 Å². The first kappa shape index (κ1) is 22.0. The van der Waals surface area contributed by atoms with E-state index in [2.05, 4.69) is 24.3 Å². The molecule has 1 heterocycles. The topological polar surface area (TPSA) is 40.6 Å². The van der Waals surface area contributed by atoms with Crippen molar-refractivity contribution >= 4 is 42.2 Å². The molecule has 3 aromatic carbocycles. The molecule has 162 valence electrons. The summed E-state index contributed by atoms with van der Waals surface area (Å²) in [6.07, 6.45) is 0. The smallest absolute Gasteiger partial charge is 0.263 e. The van der Waals surface area contributed by atoms with E-state index in [0.29, 0.717) is 5.54 Å². The molecular weight excluding hydrogens is 415 g/mol. The van der Waals surface area contributed by atoms with E-state index in [1.165, 1.54) is 0 Å². The predicted octanol–water partition coefficient (Wildman–Crippen LogP) is 5.28. The van der Waals surface area contributed by atoms with Crippen LogP contribution in [-0.2, 0) is 9.59 Å². The van der Waals surface area contributed by atoms with E-state index >= 15 is 0 Å². The summed E-state index contributed by atoms with van der Waals surface area (Å²) in [6, 6.07) is 18.2. The Morgan fingerprint density at radius 1 is 0.594 bits per heavy atom. The van der Waals surface area contributed by atoms with Crippen LogP contribution in [0.3, 0.4) is 0 Å². The zero-order valence-electron chi connectivity index (χ0n) is 19.4. The molecule has 1 saturated heterocycles. The summed E-state index contributed by atoms with van der Waals surface area (Å²) < 4.78 is 0. The molecule has 4 rings (SSSR count). The number of hydrogen-bond donors (Lipinski definition) is 0. The van der Waals surface area contributed by atoms with Crippen molar-refractivity contribution in [2.45, 2.75) is 41.5 Å². The second kappa shape index (κ2) is 8.37. The summed E-state index contributed by atoms with van der Waals surface area (Å²) in [5, 5.41) is 1.02. The molecule has 0 aliphatic carbocycles. The highest BCUT2D eigenvalue weighted by Gasteiger charge is 2.45. The fourth-order valence-corrected chi connectivity index (χ4v) is 5.78. The molecule has 0 radical (unpaired) electrons. The van der Waals surface area contributed by atoms with Crippen LogP contribution in [-0.4, -0.2) is 17.4 Å². The Bertz CT molecular complexity index is 1150. The third-order valence-corrected chi connectivity index (χ3v) is 6.85. The number of amides is 2. The number of benzene rings is 3. The molecule has 0 spiro atoms. The minimum atomic E-state index is -0.516. The monoisotopic (exact) mass is 442 g/mol. The number of hydrogen-bond acceptors (Lipinski definition) is 2. The molecule has 3 aromatic rings. The van der Waals surface area contributed by atoms with Gasteiger partial charge in [-0.2, -0.15) is 0 Å². The predicted molar refractivity (Wildman–Crippen MR) is 134 cm³/mol. The number of carbonyl (C=O) groups excluding carboxylic acids is 2. The molecule has 1 aliphatic heterocycles. The summed E-state index contributed by atoms with van der Waals surface area (Å²) in [7, 11) is 0.792. The minimum absolute atomic E-state index is 0.516. The maximum Gasteiger partial charge on any atom is 0.323 e. The van der Waals surface area contributed by atoms with Crippen molar-refractivity contribution in [1.29, 1.82) is 0 Å². The van der Waals surface area contributed by atoms with Gasteiger partial charge in [0.05, 0.1) is 11.4 Å². The zero-order valence-corrected chi connectivity index (χ0v) is 20.2. The van der Waals surface area contributed by atoms with Crippen LogP contribution in [0.4, 0.5) is 11.4 Å². The molecule has 0 aromatic heterocycles. The van der Waals surface area contributed by atoms with E-state index in [4.69, 9.17) is 0 Å². The number of anilines is 2. The van der Waals surface area contributed by atoms with Crippen LogP contribution in [0.1, 0.15) is 33.4 Å². The van der Waals surface area contributed by atoms with Crippen LogP contribution in [0.2, 0.25) is 0 Å². The molecule has 1 fully saturated rings. The van der Waals surface area contributed by atoms with E-state index in [0.717, 1.165) is 58.3 Å². The first-order valence-electron chi connectivity index (χ1n) is 10.7. The maximum atomic E-state index is 13.5. The first-order valence-corrected chi connectivity index (χ1v) is 11.6. The largest absolute Gasteiger partial charge is 0.323 e. The van der Waals surface area contributed by atoms with Crippen LogP contribution in [0.25, 0.3) is 0 Å². The highest BCUT2D eigenvalue weighted by molar-refractivity contribution is 7.50. The van der Waals surface area contributed by atoms with Crippen LogP contribution in [0, 0.1) is 41.5 Å². The number of nitrogens with zero attached hydrogens (tertiary/aromatic N) is 2. The number of rotatable bonds is 3. The third kappa shape index (κ3) is 3.76. The van der Waals surface area contributed by atoms with Gasteiger partial charge in [0.25, 0.3) is 0 Å². The summed E-state index contributed by atoms with van der Waals surface area (Å²) >= 11 is 0. The molecule has 5 heteroatoms. The maximum absolute atomic E-state index is 13.5. The fraction of sp³-hybridized carbons (Fsp3) is 0.222. The zero-order chi connectivity index (χ0) is 23.2. The highest BCUT2D eigenvalue weighted by Crippen LogP contribution is 2.37. The van der Waals surface area contributed by atoms with Crippen molar-refractivity contribution in [3.8, 4) is 0 Å². The molecule has 32 heavy (non-hydrogen) atoms. The average Bonchev–Trinajstić information content (AvgIpc) is 2.93. The van der Waals surface area contributed by atoms with Crippen LogP contribution < -0.4 is 15.1 Å². The third-order valence-electron chi connectivity index (χ3n) is 5.69. The quantitative estimate of drug-likeness (QED) is 0.409. The second-order valence-corrected chi connectivity index (χ2v) is 9.66. The molecule has 2 amide bonds. The van der Waals surface area contributed by atoms with Crippen molar-refractivity contribution < 1.29 is 9.59 Å². The summed E-state index contributed by atoms with van der Waals surface area (Å²) in [6.45, 7) is 12.1. The SMILES string of the molecule is Cc1cc(C)c(N2C(=O)C(=O)N(c3c(C)cc(C)cc3C)C2=Pc2ccccc2)c(C)c1. The lowest BCUT2D eigenvalue weighted by Gasteiger charge is -2.26. The number of carbonyl (C=O) groups is 2. The Morgan fingerprint density at radius 2 is 0.969 bits per heavy atom. The van der Waals surface area contributed by atoms with Gasteiger partial charge in [-0.15, -0.1) is 0 Å². The lowest BCUT2D eigenvalue weighted by molar-refractivity contribution is -0.133. The van der Waals surface area contributed by atoms with E-state index in [1.54, 1.807) is 9.80 Å². The van der Waals surface area contributed by atoms with Crippen molar-refractivity contribution in [3.05, 3.63) is 88.0 Å². The van der Waals surface area contributed by atoms with E-state index < -0.39 is 11.8 Å². The second-order valence-electron chi connectivity index (χ2n) is 8.52. The van der Waals surface area contributed by atoms with Gasteiger partial charge >= 0.3 is 11.8 Å². The fourth-order valence-electron chi connectivity index (χ4n) is 4.64. The normalized spacial score (nSPS) is 14.1. The lowest BCUT2D eigenvalue weighted by atomic mass is 10.0. The molecule has 1 aliphatic rings. The van der Waals surface area contributed by atoms with Gasteiger partial charge in [-0.3, -0.25) is 19.4 Å². The summed E-state index contributed by atoms with van der Waals surface area (Å²) in [5.41, 5.74) is 8.39. The van der Waals surface area contributed by atoms with E-state index in [-0.39, 0.29) is 0 Å². The van der Waals surface area contributed by atoms with Crippen LogP contribution in [0.5, 0.6) is 0 Å². The molecule has 0 N–H and O–H groups in total. The molecule has 0 saturated carbocycles. The Morgan fingerprint density at radius 3 is 1.34 bits per heavy atom. The number of aryl methyl sites for hydroxylation is 6. The Labute approximate surface area is 191 Å². The first-order chi connectivity index (χ1) is 15.2. The average molecular weight is 442 g/mol. The van der Waals surface area contributed by atoms with Gasteiger partial charge in [-0.25, -0.2) is 0 Å². The van der Waals surface area contributed by atoms with Gasteiger partial charge in [0.2, 0.25) is 0 Å². The highest BCUT2D eigenvalue weighted by atomic mass is 31.1. The van der Waals surface area contributed by atoms with Gasteiger partial charge in [-0.05, 0) is 72.0 Å². The molecule has 0 bridgehead atoms. The van der Waals surface area contributed by atoms with Crippen LogP contribution >= 0.6 is 8.20 Å². The summed E-state index contributed by atoms with van der Waals surface area (Å²) in [5.74, 6) is -1.03. The van der Waals surface area contributed by atoms with E-state index in [9.17, 15) is 9.59 Å². The molecular formula is C27H27N2O2P. The Hall–Kier alpha value is -3.23. The van der Waals surface area contributed by atoms with Gasteiger partial charge < -0.3 is 0 Å². The molecule has 0 unspecified atom stereocenters.